The summed E-state index contributed by atoms with van der Waals surface area (Å²) in [6.45, 7) is 4.36. The Morgan fingerprint density at radius 2 is 2.40 bits per heavy atom. The number of hydrazine groups is 1. The molecule has 0 saturated carbocycles. The van der Waals surface area contributed by atoms with E-state index in [0.717, 1.165) is 17.2 Å². The third kappa shape index (κ3) is 3.85. The van der Waals surface area contributed by atoms with E-state index in [1.807, 2.05) is 0 Å². The van der Waals surface area contributed by atoms with Gasteiger partial charge in [-0.15, -0.1) is 11.8 Å². The molecule has 1 atom stereocenters. The van der Waals surface area contributed by atoms with E-state index in [4.69, 9.17) is 17.4 Å². The summed E-state index contributed by atoms with van der Waals surface area (Å²) in [5, 5.41) is 1.35. The molecule has 0 saturated heterocycles. The first-order valence-corrected chi connectivity index (χ1v) is 6.15. The molecule has 0 aliphatic heterocycles. The number of rotatable bonds is 5. The first-order chi connectivity index (χ1) is 7.17. The van der Waals surface area contributed by atoms with E-state index in [2.05, 4.69) is 29.2 Å². The largest absolute Gasteiger partial charge is 0.292 e. The van der Waals surface area contributed by atoms with Gasteiger partial charge in [-0.2, -0.15) is 0 Å². The van der Waals surface area contributed by atoms with Crippen LogP contribution in [0.25, 0.3) is 0 Å². The third-order valence-corrected chi connectivity index (χ3v) is 3.75. The highest BCUT2D eigenvalue weighted by atomic mass is 35.5. The van der Waals surface area contributed by atoms with Crippen LogP contribution in [0.4, 0.5) is 5.95 Å². The number of hydrogen-bond acceptors (Lipinski definition) is 5. The molecule has 1 unspecified atom stereocenters. The van der Waals surface area contributed by atoms with Crippen LogP contribution in [0.2, 0.25) is 5.02 Å². The van der Waals surface area contributed by atoms with E-state index in [1.54, 1.807) is 18.0 Å². The smallest absolute Gasteiger partial charge is 0.238 e. The molecule has 0 fully saturated rings. The van der Waals surface area contributed by atoms with Crippen LogP contribution in [0.5, 0.6) is 0 Å². The average molecular weight is 247 g/mol. The molecule has 0 aliphatic rings. The summed E-state index contributed by atoms with van der Waals surface area (Å²) >= 11 is 7.60. The van der Waals surface area contributed by atoms with Gasteiger partial charge in [0.2, 0.25) is 5.95 Å². The molecule has 6 heteroatoms. The first kappa shape index (κ1) is 12.5. The van der Waals surface area contributed by atoms with Crippen LogP contribution in [0.1, 0.15) is 20.3 Å². The van der Waals surface area contributed by atoms with E-state index in [9.17, 15) is 0 Å². The zero-order chi connectivity index (χ0) is 11.3. The molecule has 84 valence electrons. The fraction of sp³-hybridized carbons (Fsp3) is 0.556. The van der Waals surface area contributed by atoms with E-state index < -0.39 is 0 Å². The quantitative estimate of drug-likeness (QED) is 0.362. The van der Waals surface area contributed by atoms with Crippen molar-refractivity contribution in [3.63, 3.8) is 0 Å². The third-order valence-electron chi connectivity index (χ3n) is 2.04. The highest BCUT2D eigenvalue weighted by Crippen LogP contribution is 2.27. The van der Waals surface area contributed by atoms with Crippen molar-refractivity contribution in [2.45, 2.75) is 25.3 Å². The minimum Gasteiger partial charge on any atom is -0.292 e. The molecule has 0 spiro atoms. The molecule has 15 heavy (non-hydrogen) atoms. The van der Waals surface area contributed by atoms with Gasteiger partial charge in [-0.1, -0.05) is 31.9 Å². The van der Waals surface area contributed by atoms with Crippen molar-refractivity contribution in [1.82, 2.24) is 9.97 Å². The number of anilines is 1. The summed E-state index contributed by atoms with van der Waals surface area (Å²) in [5.74, 6) is 7.26. The van der Waals surface area contributed by atoms with E-state index in [0.29, 0.717) is 16.9 Å². The SMILES string of the molecule is CCC(C)CSc1nc(NN)ncc1Cl. The van der Waals surface area contributed by atoms with Gasteiger partial charge in [0.05, 0.1) is 11.2 Å². The van der Waals surface area contributed by atoms with Crippen LogP contribution in [-0.4, -0.2) is 15.7 Å². The maximum Gasteiger partial charge on any atom is 0.238 e. The van der Waals surface area contributed by atoms with E-state index >= 15 is 0 Å². The van der Waals surface area contributed by atoms with Gasteiger partial charge < -0.3 is 0 Å². The van der Waals surface area contributed by atoms with Crippen molar-refractivity contribution >= 4 is 29.3 Å². The lowest BCUT2D eigenvalue weighted by Crippen LogP contribution is -2.10. The van der Waals surface area contributed by atoms with Gasteiger partial charge in [-0.05, 0) is 5.92 Å². The van der Waals surface area contributed by atoms with Crippen LogP contribution in [-0.2, 0) is 0 Å². The Morgan fingerprint density at radius 1 is 1.67 bits per heavy atom. The normalized spacial score (nSPS) is 12.5. The molecule has 1 aromatic rings. The number of nitrogens with zero attached hydrogens (tertiary/aromatic N) is 2. The zero-order valence-electron chi connectivity index (χ0n) is 8.83. The Morgan fingerprint density at radius 3 is 3.00 bits per heavy atom. The lowest BCUT2D eigenvalue weighted by atomic mass is 10.2. The molecule has 0 radical (unpaired) electrons. The van der Waals surface area contributed by atoms with Crippen molar-refractivity contribution in [1.29, 1.82) is 0 Å². The topological polar surface area (TPSA) is 63.8 Å². The molecule has 1 rings (SSSR count). The average Bonchev–Trinajstić information content (AvgIpc) is 2.27. The van der Waals surface area contributed by atoms with Crippen LogP contribution in [0.3, 0.4) is 0 Å². The number of nitrogens with one attached hydrogen (secondary N) is 1. The number of hydrogen-bond donors (Lipinski definition) is 2. The van der Waals surface area contributed by atoms with Crippen LogP contribution >= 0.6 is 23.4 Å². The predicted molar refractivity (Wildman–Crippen MR) is 65.0 cm³/mol. The highest BCUT2D eigenvalue weighted by Gasteiger charge is 2.07. The number of aromatic nitrogens is 2. The van der Waals surface area contributed by atoms with Crippen molar-refractivity contribution in [3.8, 4) is 0 Å². The second kappa shape index (κ2) is 6.15. The second-order valence-electron chi connectivity index (χ2n) is 3.32. The monoisotopic (exact) mass is 246 g/mol. The number of thioether (sulfide) groups is 1. The Labute approximate surface area is 99.0 Å². The lowest BCUT2D eigenvalue weighted by molar-refractivity contribution is 0.636. The predicted octanol–water partition coefficient (Wildman–Crippen LogP) is 2.55. The summed E-state index contributed by atoms with van der Waals surface area (Å²) < 4.78 is 0. The van der Waals surface area contributed by atoms with Gasteiger partial charge in [-0.25, -0.2) is 15.8 Å². The van der Waals surface area contributed by atoms with E-state index in [1.165, 1.54) is 0 Å². The minimum absolute atomic E-state index is 0.394. The molecule has 0 aliphatic carbocycles. The molecule has 1 heterocycles. The van der Waals surface area contributed by atoms with Gasteiger partial charge in [-0.3, -0.25) is 5.43 Å². The Balaban J connectivity index is 2.66. The minimum atomic E-state index is 0.394. The molecule has 0 amide bonds. The van der Waals surface area contributed by atoms with Crippen molar-refractivity contribution in [2.75, 3.05) is 11.2 Å². The molecule has 0 aromatic carbocycles. The molecule has 0 bridgehead atoms. The van der Waals surface area contributed by atoms with Gasteiger partial charge in [0.25, 0.3) is 0 Å². The number of nitrogens with two attached hydrogens (primary N) is 1. The van der Waals surface area contributed by atoms with E-state index in [-0.39, 0.29) is 0 Å². The number of halogens is 1. The fourth-order valence-electron chi connectivity index (χ4n) is 0.861. The number of nitrogen functional groups attached to an aromatic ring is 1. The summed E-state index contributed by atoms with van der Waals surface area (Å²) in [6.07, 6.45) is 2.71. The first-order valence-electron chi connectivity index (χ1n) is 4.79. The lowest BCUT2D eigenvalue weighted by Gasteiger charge is -2.08. The Kier molecular flexibility index (Phi) is 5.14. The van der Waals surface area contributed by atoms with Gasteiger partial charge in [0.15, 0.2) is 0 Å². The standard InChI is InChI=1S/C9H15ClN4S/c1-3-6(2)5-15-8-7(10)4-12-9(13-8)14-11/h4,6H,3,5,11H2,1-2H3,(H,12,13,14). The zero-order valence-corrected chi connectivity index (χ0v) is 10.4. The summed E-state index contributed by atoms with van der Waals surface area (Å²) in [6, 6.07) is 0. The summed E-state index contributed by atoms with van der Waals surface area (Å²) in [4.78, 5) is 8.09. The highest BCUT2D eigenvalue weighted by molar-refractivity contribution is 7.99. The molecule has 1 aromatic heterocycles. The van der Waals surface area contributed by atoms with Gasteiger partial charge in [0.1, 0.15) is 5.03 Å². The Hall–Kier alpha value is -0.520. The van der Waals surface area contributed by atoms with Crippen molar-refractivity contribution in [2.24, 2.45) is 11.8 Å². The Bertz CT molecular complexity index is 321. The molecule has 3 N–H and O–H groups in total. The second-order valence-corrected chi connectivity index (χ2v) is 4.73. The van der Waals surface area contributed by atoms with Crippen molar-refractivity contribution < 1.29 is 0 Å². The molecular weight excluding hydrogens is 232 g/mol. The molecule has 4 nitrogen and oxygen atoms in total. The summed E-state index contributed by atoms with van der Waals surface area (Å²) in [7, 11) is 0. The van der Waals surface area contributed by atoms with Crippen LogP contribution < -0.4 is 11.3 Å². The van der Waals surface area contributed by atoms with Gasteiger partial charge >= 0.3 is 0 Å². The van der Waals surface area contributed by atoms with Gasteiger partial charge in [0, 0.05) is 5.75 Å². The fourth-order valence-corrected chi connectivity index (χ4v) is 2.14. The van der Waals surface area contributed by atoms with Crippen molar-refractivity contribution in [3.05, 3.63) is 11.2 Å². The summed E-state index contributed by atoms with van der Waals surface area (Å²) in [5.41, 5.74) is 2.40. The maximum atomic E-state index is 5.97. The van der Waals surface area contributed by atoms with Crippen LogP contribution in [0, 0.1) is 5.92 Å². The maximum absolute atomic E-state index is 5.97. The molecular formula is C9H15ClN4S. The van der Waals surface area contributed by atoms with Crippen LogP contribution in [0.15, 0.2) is 11.2 Å².